The minimum Gasteiger partial charge on any atom is -0.505 e. The first-order valence-electron chi connectivity index (χ1n) is 10.9. The number of allylic oxidation sites excluding steroid dienone is 1. The predicted molar refractivity (Wildman–Crippen MR) is 129 cm³/mol. The summed E-state index contributed by atoms with van der Waals surface area (Å²) in [5.74, 6) is 0.806. The van der Waals surface area contributed by atoms with Crippen molar-refractivity contribution in [2.24, 2.45) is 5.92 Å². The molecule has 2 aromatic rings. The van der Waals surface area contributed by atoms with Crippen molar-refractivity contribution >= 4 is 28.9 Å². The number of hydrogen-bond acceptors (Lipinski definition) is 4. The Kier molecular flexibility index (Phi) is 6.83. The highest BCUT2D eigenvalue weighted by molar-refractivity contribution is 6.37. The largest absolute Gasteiger partial charge is 0.505 e. The number of phenols is 1. The fraction of sp³-hybridized carbons (Fsp3) is 0.440. The molecule has 2 aromatic carbocycles. The maximum absolute atomic E-state index is 10.1. The first kappa shape index (κ1) is 22.5. The lowest BCUT2D eigenvalue weighted by molar-refractivity contribution is 0.206. The van der Waals surface area contributed by atoms with Crippen molar-refractivity contribution in [3.8, 4) is 5.75 Å². The summed E-state index contributed by atoms with van der Waals surface area (Å²) in [5, 5.41) is 18.0. The van der Waals surface area contributed by atoms with Crippen LogP contribution < -0.4 is 10.6 Å². The smallest absolute Gasteiger partial charge is 0.152 e. The van der Waals surface area contributed by atoms with Gasteiger partial charge in [-0.3, -0.25) is 0 Å². The lowest BCUT2D eigenvalue weighted by Gasteiger charge is -2.40. The molecule has 0 amide bonds. The van der Waals surface area contributed by atoms with E-state index >= 15 is 0 Å². The van der Waals surface area contributed by atoms with Gasteiger partial charge in [0.1, 0.15) is 0 Å². The summed E-state index contributed by atoms with van der Waals surface area (Å²) < 4.78 is 0. The zero-order valence-electron chi connectivity index (χ0n) is 18.3. The van der Waals surface area contributed by atoms with Crippen molar-refractivity contribution in [3.63, 3.8) is 0 Å². The Labute approximate surface area is 195 Å². The van der Waals surface area contributed by atoms with Crippen molar-refractivity contribution in [3.05, 3.63) is 69.3 Å². The average molecular weight is 459 g/mol. The van der Waals surface area contributed by atoms with Crippen LogP contribution in [0.1, 0.15) is 49.3 Å². The molecule has 1 saturated carbocycles. The average Bonchev–Trinajstić information content (AvgIpc) is 2.72. The number of fused-ring (bicyclic) bond motifs is 1. The van der Waals surface area contributed by atoms with Gasteiger partial charge in [-0.25, -0.2) is 0 Å². The number of nitrogens with zero attached hydrogens (tertiary/aromatic N) is 1. The third-order valence-corrected chi connectivity index (χ3v) is 6.96. The van der Waals surface area contributed by atoms with E-state index in [0.29, 0.717) is 16.0 Å². The molecular weight excluding hydrogens is 429 g/mol. The zero-order valence-corrected chi connectivity index (χ0v) is 19.8. The van der Waals surface area contributed by atoms with Gasteiger partial charge in [0.05, 0.1) is 16.1 Å². The number of aromatic hydroxyl groups is 1. The van der Waals surface area contributed by atoms with E-state index in [2.05, 4.69) is 66.9 Å². The fourth-order valence-corrected chi connectivity index (χ4v) is 5.55. The topological polar surface area (TPSA) is 47.5 Å². The molecule has 1 aliphatic carbocycles. The zero-order chi connectivity index (χ0) is 22.1. The molecule has 0 bridgehead atoms. The molecule has 3 N–H and O–H groups in total. The lowest BCUT2D eigenvalue weighted by Crippen LogP contribution is -2.43. The summed E-state index contributed by atoms with van der Waals surface area (Å²) in [6.45, 7) is 3.11. The molecule has 4 rings (SSSR count). The molecule has 1 radical (unpaired) electrons. The van der Waals surface area contributed by atoms with Crippen LogP contribution in [0.5, 0.6) is 5.75 Å². The molecule has 165 valence electrons. The van der Waals surface area contributed by atoms with Gasteiger partial charge in [-0.15, -0.1) is 0 Å². The normalized spacial score (nSPS) is 25.7. The van der Waals surface area contributed by atoms with Crippen molar-refractivity contribution in [1.82, 2.24) is 10.2 Å². The third kappa shape index (κ3) is 5.04. The van der Waals surface area contributed by atoms with Gasteiger partial charge in [0.2, 0.25) is 0 Å². The fourth-order valence-electron chi connectivity index (χ4n) is 5.05. The third-order valence-electron chi connectivity index (χ3n) is 6.39. The van der Waals surface area contributed by atoms with Gasteiger partial charge in [-0.05, 0) is 87.5 Å². The van der Waals surface area contributed by atoms with Crippen molar-refractivity contribution in [2.75, 3.05) is 26.0 Å². The molecular formula is C25H30Cl2N3O. The first-order valence-corrected chi connectivity index (χ1v) is 11.6. The molecule has 1 fully saturated rings. The maximum atomic E-state index is 10.1. The van der Waals surface area contributed by atoms with E-state index in [1.165, 1.54) is 12.0 Å². The Morgan fingerprint density at radius 1 is 1.16 bits per heavy atom. The van der Waals surface area contributed by atoms with E-state index in [9.17, 15) is 5.11 Å². The molecule has 6 heteroatoms. The number of hydrogen-bond donors (Lipinski definition) is 3. The van der Waals surface area contributed by atoms with Crippen molar-refractivity contribution in [2.45, 2.75) is 44.2 Å². The van der Waals surface area contributed by atoms with E-state index in [1.54, 1.807) is 0 Å². The number of benzene rings is 2. The summed E-state index contributed by atoms with van der Waals surface area (Å²) in [6, 6.07) is 12.4. The van der Waals surface area contributed by atoms with Crippen LogP contribution in [-0.2, 0) is 0 Å². The van der Waals surface area contributed by atoms with Gasteiger partial charge in [-0.2, -0.15) is 0 Å². The Bertz CT molecular complexity index is 952. The number of phenolic OH excluding ortho intramolecular Hbond substituents is 1. The minimum absolute atomic E-state index is 0.0263. The second-order valence-corrected chi connectivity index (χ2v) is 9.88. The SMILES string of the molecule is CC1=[C]C(N[C@@H]2CC[C@@H](CN(C)C)CC2c2cc(Cl)c(O)c(Cl)c2)c2ccccc2N1. The second kappa shape index (κ2) is 9.41. The standard InChI is InChI=1S/C25H30Cl2N3O/c1-15-10-24(18-6-4-5-7-22(18)28-15)29-23-9-8-16(14-30(2)3)11-19(23)17-12-20(26)25(31)21(27)13-17/h4-7,12-13,16,19,23-24,28-29,31H,8-9,11,14H2,1-3H3/t16-,19?,23-,24?/m1/s1. The maximum Gasteiger partial charge on any atom is 0.152 e. The van der Waals surface area contributed by atoms with Crippen LogP contribution in [0.4, 0.5) is 5.69 Å². The van der Waals surface area contributed by atoms with E-state index in [4.69, 9.17) is 23.2 Å². The van der Waals surface area contributed by atoms with Crippen molar-refractivity contribution < 1.29 is 5.11 Å². The van der Waals surface area contributed by atoms with Gasteiger partial charge >= 0.3 is 0 Å². The predicted octanol–water partition coefficient (Wildman–Crippen LogP) is 5.98. The summed E-state index contributed by atoms with van der Waals surface area (Å²) in [4.78, 5) is 2.26. The molecule has 1 heterocycles. The Hall–Kier alpha value is -1.72. The van der Waals surface area contributed by atoms with E-state index < -0.39 is 0 Å². The van der Waals surface area contributed by atoms with E-state index in [1.807, 2.05) is 12.1 Å². The molecule has 0 saturated heterocycles. The lowest BCUT2D eigenvalue weighted by atomic mass is 9.74. The van der Waals surface area contributed by atoms with Crippen LogP contribution in [-0.4, -0.2) is 36.7 Å². The van der Waals surface area contributed by atoms with Crippen LogP contribution in [0.15, 0.2) is 42.1 Å². The number of para-hydroxylation sites is 1. The number of anilines is 1. The molecule has 4 nitrogen and oxygen atoms in total. The highest BCUT2D eigenvalue weighted by atomic mass is 35.5. The molecule has 4 atom stereocenters. The second-order valence-electron chi connectivity index (χ2n) is 9.07. The number of rotatable bonds is 5. The molecule has 2 unspecified atom stereocenters. The monoisotopic (exact) mass is 458 g/mol. The van der Waals surface area contributed by atoms with Crippen LogP contribution in [0.25, 0.3) is 0 Å². The van der Waals surface area contributed by atoms with Crippen LogP contribution in [0.2, 0.25) is 10.0 Å². The Morgan fingerprint density at radius 3 is 2.58 bits per heavy atom. The van der Waals surface area contributed by atoms with Gasteiger partial charge in [0, 0.05) is 24.0 Å². The summed E-state index contributed by atoms with van der Waals surface area (Å²) in [6.07, 6.45) is 6.83. The van der Waals surface area contributed by atoms with Gasteiger partial charge in [0.25, 0.3) is 0 Å². The van der Waals surface area contributed by atoms with Crippen molar-refractivity contribution in [1.29, 1.82) is 0 Å². The van der Waals surface area contributed by atoms with Crippen LogP contribution in [0.3, 0.4) is 0 Å². The summed E-state index contributed by atoms with van der Waals surface area (Å²) >= 11 is 12.6. The molecule has 2 aliphatic rings. The Balaban J connectivity index is 1.64. The molecule has 0 aromatic heterocycles. The summed E-state index contributed by atoms with van der Waals surface area (Å²) in [5.41, 5.74) is 4.45. The van der Waals surface area contributed by atoms with Crippen LogP contribution >= 0.6 is 23.2 Å². The molecule has 1 aliphatic heterocycles. The quantitative estimate of drug-likeness (QED) is 0.515. The first-order chi connectivity index (χ1) is 14.8. The van der Waals surface area contributed by atoms with Crippen LogP contribution in [0, 0.1) is 12.0 Å². The van der Waals surface area contributed by atoms with E-state index in [-0.39, 0.29) is 23.8 Å². The van der Waals surface area contributed by atoms with Gasteiger partial charge < -0.3 is 20.6 Å². The Morgan fingerprint density at radius 2 is 1.87 bits per heavy atom. The number of nitrogens with one attached hydrogen (secondary N) is 2. The highest BCUT2D eigenvalue weighted by Crippen LogP contribution is 2.43. The number of halogens is 2. The van der Waals surface area contributed by atoms with Gasteiger partial charge in [0.15, 0.2) is 5.75 Å². The molecule has 0 spiro atoms. The van der Waals surface area contributed by atoms with Gasteiger partial charge in [-0.1, -0.05) is 41.4 Å². The minimum atomic E-state index is -0.0450. The van der Waals surface area contributed by atoms with E-state index in [0.717, 1.165) is 36.3 Å². The molecule has 31 heavy (non-hydrogen) atoms. The summed E-state index contributed by atoms with van der Waals surface area (Å²) in [7, 11) is 4.25. The highest BCUT2D eigenvalue weighted by Gasteiger charge is 2.34.